The van der Waals surface area contributed by atoms with E-state index in [1.807, 2.05) is 17.9 Å². The number of aromatic nitrogens is 2. The van der Waals surface area contributed by atoms with Crippen LogP contribution < -0.4 is 5.32 Å². The predicted octanol–water partition coefficient (Wildman–Crippen LogP) is 1.45. The molecule has 2 unspecified atom stereocenters. The van der Waals surface area contributed by atoms with Crippen molar-refractivity contribution in [2.24, 2.45) is 7.05 Å². The van der Waals surface area contributed by atoms with Crippen LogP contribution in [0.4, 0.5) is 0 Å². The van der Waals surface area contributed by atoms with Crippen molar-refractivity contribution in [3.8, 4) is 0 Å². The summed E-state index contributed by atoms with van der Waals surface area (Å²) in [4.78, 5) is 0. The van der Waals surface area contributed by atoms with E-state index in [0.717, 1.165) is 18.2 Å². The van der Waals surface area contributed by atoms with Crippen molar-refractivity contribution in [1.29, 1.82) is 0 Å². The molecule has 1 aromatic rings. The zero-order chi connectivity index (χ0) is 10.7. The molecule has 0 radical (unpaired) electrons. The fourth-order valence-corrected chi connectivity index (χ4v) is 3.21. The molecule has 1 fully saturated rings. The molecular formula is C11H19N3S. The third kappa shape index (κ3) is 2.98. The van der Waals surface area contributed by atoms with E-state index >= 15 is 0 Å². The lowest BCUT2D eigenvalue weighted by Crippen LogP contribution is -2.34. The summed E-state index contributed by atoms with van der Waals surface area (Å²) in [5, 5.41) is 8.76. The van der Waals surface area contributed by atoms with Gasteiger partial charge in [-0.1, -0.05) is 6.92 Å². The van der Waals surface area contributed by atoms with Crippen molar-refractivity contribution in [3.63, 3.8) is 0 Å². The molecule has 0 amide bonds. The fraction of sp³-hybridized carbons (Fsp3) is 0.727. The Hall–Kier alpha value is -0.480. The first kappa shape index (κ1) is 11.0. The van der Waals surface area contributed by atoms with Crippen LogP contribution in [0.25, 0.3) is 0 Å². The van der Waals surface area contributed by atoms with Gasteiger partial charge in [-0.25, -0.2) is 0 Å². The van der Waals surface area contributed by atoms with E-state index in [9.17, 15) is 0 Å². The summed E-state index contributed by atoms with van der Waals surface area (Å²) in [6.07, 6.45) is 4.35. The standard InChI is InChI=1S/C11H19N3S/c1-9-11(5-8-15-9)12-6-3-10-4-7-14(2)13-10/h4,7,9,11-12H,3,5-6,8H2,1-2H3. The third-order valence-electron chi connectivity index (χ3n) is 2.93. The second-order valence-electron chi connectivity index (χ2n) is 4.16. The lowest BCUT2D eigenvalue weighted by molar-refractivity contribution is 0.513. The summed E-state index contributed by atoms with van der Waals surface area (Å²) in [7, 11) is 1.96. The first-order chi connectivity index (χ1) is 7.25. The Kier molecular flexibility index (Phi) is 3.70. The molecule has 0 aromatic carbocycles. The van der Waals surface area contributed by atoms with Gasteiger partial charge in [0.05, 0.1) is 5.69 Å². The van der Waals surface area contributed by atoms with Gasteiger partial charge in [0.2, 0.25) is 0 Å². The molecule has 3 nitrogen and oxygen atoms in total. The molecule has 1 aromatic heterocycles. The zero-order valence-corrected chi connectivity index (χ0v) is 10.3. The molecule has 2 rings (SSSR count). The molecule has 1 aliphatic rings. The molecule has 4 heteroatoms. The van der Waals surface area contributed by atoms with Crippen LogP contribution in [0.3, 0.4) is 0 Å². The molecular weight excluding hydrogens is 206 g/mol. The van der Waals surface area contributed by atoms with E-state index in [2.05, 4.69) is 35.2 Å². The topological polar surface area (TPSA) is 29.9 Å². The van der Waals surface area contributed by atoms with Crippen LogP contribution in [-0.4, -0.2) is 33.4 Å². The van der Waals surface area contributed by atoms with Crippen LogP contribution in [0, 0.1) is 0 Å². The SMILES string of the molecule is CC1SCCC1NCCc1ccn(C)n1. The summed E-state index contributed by atoms with van der Waals surface area (Å²) < 4.78 is 1.86. The normalized spacial score (nSPS) is 26.0. The number of hydrogen-bond donors (Lipinski definition) is 1. The van der Waals surface area contributed by atoms with Gasteiger partial charge in [-0.2, -0.15) is 16.9 Å². The monoisotopic (exact) mass is 225 g/mol. The molecule has 2 atom stereocenters. The minimum Gasteiger partial charge on any atom is -0.312 e. The van der Waals surface area contributed by atoms with E-state index in [4.69, 9.17) is 0 Å². The van der Waals surface area contributed by atoms with Crippen LogP contribution in [0.5, 0.6) is 0 Å². The predicted molar refractivity (Wildman–Crippen MR) is 65.2 cm³/mol. The van der Waals surface area contributed by atoms with Crippen molar-refractivity contribution in [1.82, 2.24) is 15.1 Å². The molecule has 1 aliphatic heterocycles. The van der Waals surface area contributed by atoms with Crippen LogP contribution in [0.1, 0.15) is 19.0 Å². The van der Waals surface area contributed by atoms with Gasteiger partial charge in [0.25, 0.3) is 0 Å². The molecule has 0 spiro atoms. The Balaban J connectivity index is 1.70. The minimum atomic E-state index is 0.707. The Bertz CT molecular complexity index is 311. The number of aryl methyl sites for hydroxylation is 1. The summed E-state index contributed by atoms with van der Waals surface area (Å²) in [5.41, 5.74) is 1.18. The number of nitrogens with zero attached hydrogens (tertiary/aromatic N) is 2. The van der Waals surface area contributed by atoms with E-state index in [-0.39, 0.29) is 0 Å². The largest absolute Gasteiger partial charge is 0.312 e. The van der Waals surface area contributed by atoms with Crippen molar-refractivity contribution in [2.45, 2.75) is 31.1 Å². The van der Waals surface area contributed by atoms with Crippen LogP contribution in [-0.2, 0) is 13.5 Å². The number of hydrogen-bond acceptors (Lipinski definition) is 3. The van der Waals surface area contributed by atoms with Gasteiger partial charge in [-0.15, -0.1) is 0 Å². The highest BCUT2D eigenvalue weighted by atomic mass is 32.2. The zero-order valence-electron chi connectivity index (χ0n) is 9.44. The van der Waals surface area contributed by atoms with E-state index in [1.54, 1.807) is 0 Å². The molecule has 2 heterocycles. The highest BCUT2D eigenvalue weighted by Gasteiger charge is 2.22. The maximum atomic E-state index is 4.37. The van der Waals surface area contributed by atoms with Gasteiger partial charge in [0, 0.05) is 37.5 Å². The van der Waals surface area contributed by atoms with Gasteiger partial charge in [-0.3, -0.25) is 4.68 Å². The molecule has 0 aliphatic carbocycles. The first-order valence-corrected chi connectivity index (χ1v) is 6.64. The van der Waals surface area contributed by atoms with Gasteiger partial charge < -0.3 is 5.32 Å². The molecule has 84 valence electrons. The van der Waals surface area contributed by atoms with Crippen LogP contribution in [0.15, 0.2) is 12.3 Å². The average molecular weight is 225 g/mol. The van der Waals surface area contributed by atoms with Crippen molar-refractivity contribution in [2.75, 3.05) is 12.3 Å². The third-order valence-corrected chi connectivity index (χ3v) is 4.26. The molecule has 15 heavy (non-hydrogen) atoms. The number of nitrogens with one attached hydrogen (secondary N) is 1. The number of thioether (sulfide) groups is 1. The second-order valence-corrected chi connectivity index (χ2v) is 5.64. The highest BCUT2D eigenvalue weighted by Crippen LogP contribution is 2.25. The van der Waals surface area contributed by atoms with Crippen molar-refractivity contribution < 1.29 is 0 Å². The lowest BCUT2D eigenvalue weighted by atomic mass is 10.1. The van der Waals surface area contributed by atoms with Gasteiger partial charge >= 0.3 is 0 Å². The summed E-state index contributed by atoms with van der Waals surface area (Å²) >= 11 is 2.07. The van der Waals surface area contributed by atoms with Crippen molar-refractivity contribution >= 4 is 11.8 Å². The quantitative estimate of drug-likeness (QED) is 0.841. The first-order valence-electron chi connectivity index (χ1n) is 5.59. The highest BCUT2D eigenvalue weighted by molar-refractivity contribution is 8.00. The van der Waals surface area contributed by atoms with Crippen LogP contribution >= 0.6 is 11.8 Å². The molecule has 1 N–H and O–H groups in total. The summed E-state index contributed by atoms with van der Waals surface area (Å²) in [6.45, 7) is 3.36. The van der Waals surface area contributed by atoms with Gasteiger partial charge in [0.1, 0.15) is 0 Å². The Morgan fingerprint density at radius 3 is 3.13 bits per heavy atom. The summed E-state index contributed by atoms with van der Waals surface area (Å²) in [6, 6.07) is 2.80. The Morgan fingerprint density at radius 2 is 2.53 bits per heavy atom. The van der Waals surface area contributed by atoms with E-state index < -0.39 is 0 Å². The minimum absolute atomic E-state index is 0.707. The van der Waals surface area contributed by atoms with Gasteiger partial charge in [0.15, 0.2) is 0 Å². The molecule has 1 saturated heterocycles. The van der Waals surface area contributed by atoms with Gasteiger partial charge in [-0.05, 0) is 18.2 Å². The maximum Gasteiger partial charge on any atom is 0.0637 e. The average Bonchev–Trinajstić information content (AvgIpc) is 2.77. The number of rotatable bonds is 4. The maximum absolute atomic E-state index is 4.37. The van der Waals surface area contributed by atoms with E-state index in [1.165, 1.54) is 17.9 Å². The Labute approximate surface area is 95.6 Å². The fourth-order valence-electron chi connectivity index (χ4n) is 1.98. The smallest absolute Gasteiger partial charge is 0.0637 e. The molecule has 0 bridgehead atoms. The second kappa shape index (κ2) is 5.03. The Morgan fingerprint density at radius 1 is 1.67 bits per heavy atom. The van der Waals surface area contributed by atoms with Crippen LogP contribution in [0.2, 0.25) is 0 Å². The van der Waals surface area contributed by atoms with E-state index in [0.29, 0.717) is 6.04 Å². The molecule has 0 saturated carbocycles. The van der Waals surface area contributed by atoms with Crippen molar-refractivity contribution in [3.05, 3.63) is 18.0 Å². The lowest BCUT2D eigenvalue weighted by Gasteiger charge is -2.15. The summed E-state index contributed by atoms with van der Waals surface area (Å²) in [5.74, 6) is 1.31.